The molecule has 3 amide bonds. The zero-order chi connectivity index (χ0) is 20.4. The van der Waals surface area contributed by atoms with Crippen LogP contribution in [0.3, 0.4) is 0 Å². The van der Waals surface area contributed by atoms with Gasteiger partial charge in [-0.3, -0.25) is 4.79 Å². The van der Waals surface area contributed by atoms with Gasteiger partial charge in [0.05, 0.1) is 0 Å². The standard InChI is InChI=1S/C22H30N4O2/c1-17(2)20(25-22(28)24-18-11-6-4-7-12-18)21(27)23-15-10-16-26(3)19-13-8-5-9-14-19/h4-9,11-14,17,20H,10,15-16H2,1-3H3,(H,23,27)(H2,24,25,28). The van der Waals surface area contributed by atoms with Crippen LogP contribution in [0.2, 0.25) is 0 Å². The highest BCUT2D eigenvalue weighted by molar-refractivity contribution is 5.93. The van der Waals surface area contributed by atoms with E-state index >= 15 is 0 Å². The first-order chi connectivity index (χ1) is 13.5. The van der Waals surface area contributed by atoms with Crippen molar-refractivity contribution in [1.82, 2.24) is 10.6 Å². The number of hydrogen-bond donors (Lipinski definition) is 3. The van der Waals surface area contributed by atoms with Crippen molar-refractivity contribution >= 4 is 23.3 Å². The van der Waals surface area contributed by atoms with Crippen LogP contribution < -0.4 is 20.9 Å². The van der Waals surface area contributed by atoms with Crippen LogP contribution in [0.1, 0.15) is 20.3 Å². The van der Waals surface area contributed by atoms with Crippen LogP contribution in [0.5, 0.6) is 0 Å². The van der Waals surface area contributed by atoms with Crippen molar-refractivity contribution in [2.75, 3.05) is 30.4 Å². The minimum Gasteiger partial charge on any atom is -0.375 e. The maximum absolute atomic E-state index is 12.5. The molecule has 2 aromatic rings. The van der Waals surface area contributed by atoms with Gasteiger partial charge < -0.3 is 20.9 Å². The third kappa shape index (κ3) is 6.95. The lowest BCUT2D eigenvalue weighted by atomic mass is 10.0. The predicted octanol–water partition coefficient (Wildman–Crippen LogP) is 3.48. The van der Waals surface area contributed by atoms with Crippen LogP contribution in [-0.4, -0.2) is 38.1 Å². The summed E-state index contributed by atoms with van der Waals surface area (Å²) in [6.45, 7) is 5.21. The summed E-state index contributed by atoms with van der Waals surface area (Å²) in [5.41, 5.74) is 1.83. The second kappa shape index (κ2) is 11.0. The van der Waals surface area contributed by atoms with Crippen LogP contribution in [-0.2, 0) is 4.79 Å². The summed E-state index contributed by atoms with van der Waals surface area (Å²) in [6.07, 6.45) is 0.818. The number of rotatable bonds is 9. The molecule has 6 nitrogen and oxygen atoms in total. The topological polar surface area (TPSA) is 73.5 Å². The normalized spacial score (nSPS) is 11.6. The Hall–Kier alpha value is -3.02. The van der Waals surface area contributed by atoms with Crippen LogP contribution in [0.25, 0.3) is 0 Å². The lowest BCUT2D eigenvalue weighted by Crippen LogP contribution is -2.51. The van der Waals surface area contributed by atoms with Gasteiger partial charge in [-0.1, -0.05) is 50.2 Å². The Bertz CT molecular complexity index is 735. The fraction of sp³-hybridized carbons (Fsp3) is 0.364. The Labute approximate surface area is 167 Å². The van der Waals surface area contributed by atoms with Gasteiger partial charge in [0.1, 0.15) is 6.04 Å². The van der Waals surface area contributed by atoms with Gasteiger partial charge >= 0.3 is 6.03 Å². The summed E-state index contributed by atoms with van der Waals surface area (Å²) >= 11 is 0. The van der Waals surface area contributed by atoms with Crippen molar-refractivity contribution in [1.29, 1.82) is 0 Å². The summed E-state index contributed by atoms with van der Waals surface area (Å²) in [4.78, 5) is 26.9. The quantitative estimate of drug-likeness (QED) is 0.582. The Morgan fingerprint density at radius 2 is 1.57 bits per heavy atom. The minimum atomic E-state index is -0.587. The van der Waals surface area contributed by atoms with Crippen LogP contribution in [0.15, 0.2) is 60.7 Å². The minimum absolute atomic E-state index is 0.0199. The maximum Gasteiger partial charge on any atom is 0.319 e. The summed E-state index contributed by atoms with van der Waals surface area (Å²) < 4.78 is 0. The number of nitrogens with zero attached hydrogens (tertiary/aromatic N) is 1. The molecule has 0 bridgehead atoms. The van der Waals surface area contributed by atoms with Gasteiger partial charge in [-0.25, -0.2) is 4.79 Å². The van der Waals surface area contributed by atoms with Gasteiger partial charge in [0.2, 0.25) is 5.91 Å². The molecule has 0 saturated heterocycles. The molecule has 0 aliphatic carbocycles. The second-order valence-electron chi connectivity index (χ2n) is 7.09. The molecule has 0 heterocycles. The van der Waals surface area contributed by atoms with E-state index in [0.717, 1.165) is 18.7 Å². The monoisotopic (exact) mass is 382 g/mol. The van der Waals surface area contributed by atoms with Crippen molar-refractivity contribution < 1.29 is 9.59 Å². The average Bonchev–Trinajstić information content (AvgIpc) is 2.70. The molecule has 2 rings (SSSR count). The summed E-state index contributed by atoms with van der Waals surface area (Å²) in [6, 6.07) is 18.3. The maximum atomic E-state index is 12.5. The van der Waals surface area contributed by atoms with E-state index in [2.05, 4.69) is 33.0 Å². The van der Waals surface area contributed by atoms with E-state index in [1.165, 1.54) is 0 Å². The molecule has 0 radical (unpaired) electrons. The van der Waals surface area contributed by atoms with Crippen LogP contribution in [0, 0.1) is 5.92 Å². The average molecular weight is 383 g/mol. The fourth-order valence-electron chi connectivity index (χ4n) is 2.81. The van der Waals surface area contributed by atoms with E-state index in [0.29, 0.717) is 12.2 Å². The molecule has 150 valence electrons. The van der Waals surface area contributed by atoms with Crippen LogP contribution >= 0.6 is 0 Å². The van der Waals surface area contributed by atoms with Gasteiger partial charge in [0, 0.05) is 31.5 Å². The van der Waals surface area contributed by atoms with E-state index in [-0.39, 0.29) is 17.9 Å². The van der Waals surface area contributed by atoms with E-state index in [1.807, 2.05) is 57.3 Å². The molecule has 0 aromatic heterocycles. The first-order valence-electron chi connectivity index (χ1n) is 9.64. The fourth-order valence-corrected chi connectivity index (χ4v) is 2.81. The van der Waals surface area contributed by atoms with Gasteiger partial charge in [0.25, 0.3) is 0 Å². The largest absolute Gasteiger partial charge is 0.375 e. The lowest BCUT2D eigenvalue weighted by Gasteiger charge is -2.23. The Morgan fingerprint density at radius 1 is 0.964 bits per heavy atom. The highest BCUT2D eigenvalue weighted by Crippen LogP contribution is 2.11. The van der Waals surface area contributed by atoms with Crippen LogP contribution in [0.4, 0.5) is 16.2 Å². The second-order valence-corrected chi connectivity index (χ2v) is 7.09. The van der Waals surface area contributed by atoms with Gasteiger partial charge in [-0.2, -0.15) is 0 Å². The molecule has 1 atom stereocenters. The van der Waals surface area contributed by atoms with Gasteiger partial charge in [-0.05, 0) is 36.6 Å². The van der Waals surface area contributed by atoms with E-state index in [9.17, 15) is 9.59 Å². The molecule has 3 N–H and O–H groups in total. The third-order valence-electron chi connectivity index (χ3n) is 4.43. The Kier molecular flexibility index (Phi) is 8.34. The number of benzene rings is 2. The molecule has 6 heteroatoms. The molecule has 0 saturated carbocycles. The Morgan fingerprint density at radius 3 is 2.18 bits per heavy atom. The van der Waals surface area contributed by atoms with Gasteiger partial charge in [0.15, 0.2) is 0 Å². The Balaban J connectivity index is 1.76. The number of carbonyl (C=O) groups excluding carboxylic acids is 2. The molecule has 28 heavy (non-hydrogen) atoms. The molecule has 0 aliphatic heterocycles. The zero-order valence-corrected chi connectivity index (χ0v) is 16.8. The van der Waals surface area contributed by atoms with E-state index in [4.69, 9.17) is 0 Å². The van der Waals surface area contributed by atoms with Crippen molar-refractivity contribution in [3.8, 4) is 0 Å². The molecular weight excluding hydrogens is 352 g/mol. The number of carbonyl (C=O) groups is 2. The number of hydrogen-bond acceptors (Lipinski definition) is 3. The molecule has 2 aromatic carbocycles. The number of amides is 3. The first kappa shape index (κ1) is 21.3. The lowest BCUT2D eigenvalue weighted by molar-refractivity contribution is -0.123. The summed E-state index contributed by atoms with van der Waals surface area (Å²) in [5.74, 6) is -0.186. The number of nitrogens with one attached hydrogen (secondary N) is 3. The smallest absolute Gasteiger partial charge is 0.319 e. The van der Waals surface area contributed by atoms with E-state index in [1.54, 1.807) is 12.1 Å². The molecule has 0 fully saturated rings. The predicted molar refractivity (Wildman–Crippen MR) is 115 cm³/mol. The highest BCUT2D eigenvalue weighted by Gasteiger charge is 2.23. The van der Waals surface area contributed by atoms with Crippen molar-refractivity contribution in [2.45, 2.75) is 26.3 Å². The number of para-hydroxylation sites is 2. The highest BCUT2D eigenvalue weighted by atomic mass is 16.2. The molecule has 0 aliphatic rings. The van der Waals surface area contributed by atoms with Crippen molar-refractivity contribution in [3.05, 3.63) is 60.7 Å². The third-order valence-corrected chi connectivity index (χ3v) is 4.43. The zero-order valence-electron chi connectivity index (χ0n) is 16.8. The van der Waals surface area contributed by atoms with Crippen molar-refractivity contribution in [3.63, 3.8) is 0 Å². The molecule has 0 spiro atoms. The van der Waals surface area contributed by atoms with E-state index < -0.39 is 6.04 Å². The summed E-state index contributed by atoms with van der Waals surface area (Å²) in [7, 11) is 2.03. The molecule has 1 unspecified atom stereocenters. The number of anilines is 2. The van der Waals surface area contributed by atoms with Crippen molar-refractivity contribution in [2.24, 2.45) is 5.92 Å². The number of urea groups is 1. The summed E-state index contributed by atoms with van der Waals surface area (Å²) in [5, 5.41) is 8.45. The SMILES string of the molecule is CC(C)C(NC(=O)Nc1ccccc1)C(=O)NCCCN(C)c1ccccc1. The first-order valence-corrected chi connectivity index (χ1v) is 9.64. The molecular formula is C22H30N4O2. The van der Waals surface area contributed by atoms with Gasteiger partial charge in [-0.15, -0.1) is 0 Å².